The zero-order valence-corrected chi connectivity index (χ0v) is 17.8. The fourth-order valence-electron chi connectivity index (χ4n) is 2.02. The average Bonchev–Trinajstić information content (AvgIpc) is 1.93. The lowest BCUT2D eigenvalue weighted by Crippen LogP contribution is -2.83. The van der Waals surface area contributed by atoms with Crippen LogP contribution in [0.5, 0.6) is 0 Å². The van der Waals surface area contributed by atoms with Crippen molar-refractivity contribution in [3.05, 3.63) is 12.3 Å². The minimum atomic E-state index is -1.98. The average molecular weight is 320 g/mol. The molecule has 0 spiro atoms. The molecule has 0 amide bonds. The number of hydrogen-bond donors (Lipinski definition) is 3. The van der Waals surface area contributed by atoms with Gasteiger partial charge in [0.1, 0.15) is 24.7 Å². The van der Waals surface area contributed by atoms with Crippen LogP contribution in [0.25, 0.3) is 0 Å². The summed E-state index contributed by atoms with van der Waals surface area (Å²) < 4.78 is 11.8. The number of nitrogens with one attached hydrogen (secondary N) is 3. The third-order valence-electron chi connectivity index (χ3n) is 2.02. The molecule has 0 aromatic heterocycles. The van der Waals surface area contributed by atoms with Gasteiger partial charge in [0.15, 0.2) is 0 Å². The van der Waals surface area contributed by atoms with Gasteiger partial charge in [-0.1, -0.05) is 64.6 Å². The van der Waals surface area contributed by atoms with E-state index < -0.39 is 33.3 Å². The van der Waals surface area contributed by atoms with Gasteiger partial charge in [-0.2, -0.15) is 0 Å². The Labute approximate surface area is 118 Å². The fourth-order valence-corrected chi connectivity index (χ4v) is 19.9. The van der Waals surface area contributed by atoms with Crippen LogP contribution in [0.3, 0.4) is 0 Å². The summed E-state index contributed by atoms with van der Waals surface area (Å²) in [6, 6.07) is 0. The fraction of sp³-hybridized carbons (Fsp3) is 0.818. The van der Waals surface area contributed by atoms with Crippen molar-refractivity contribution in [1.29, 1.82) is 0 Å². The Bertz CT molecular complexity index is 245. The third-order valence-corrected chi connectivity index (χ3v) is 16.4. The molecule has 0 atom stereocenters. The predicted octanol–water partition coefficient (Wildman–Crippen LogP) is 2.92. The van der Waals surface area contributed by atoms with Gasteiger partial charge in [0, 0.05) is 0 Å². The quantitative estimate of drug-likeness (QED) is 0.632. The molecule has 0 bridgehead atoms. The molecule has 0 aliphatic heterocycles. The zero-order chi connectivity index (χ0) is 14.8. The summed E-state index contributed by atoms with van der Waals surface area (Å²) >= 11 is 0. The highest BCUT2D eigenvalue weighted by atomic mass is 28.5. The van der Waals surface area contributed by atoms with E-state index in [1.165, 1.54) is 0 Å². The Morgan fingerprint density at radius 1 is 0.611 bits per heavy atom. The molecule has 0 aliphatic carbocycles. The van der Waals surface area contributed by atoms with Crippen molar-refractivity contribution in [2.75, 3.05) is 0 Å². The Morgan fingerprint density at radius 3 is 0.944 bits per heavy atom. The highest BCUT2D eigenvalue weighted by Gasteiger charge is 2.41. The predicted molar refractivity (Wildman–Crippen MR) is 95.4 cm³/mol. The molecule has 3 nitrogen and oxygen atoms in total. The summed E-state index contributed by atoms with van der Waals surface area (Å²) in [5.74, 6) is 0. The van der Waals surface area contributed by atoms with Gasteiger partial charge in [0.25, 0.3) is 8.56 Å². The van der Waals surface area contributed by atoms with Gasteiger partial charge < -0.3 is 13.9 Å². The van der Waals surface area contributed by atoms with Crippen molar-refractivity contribution in [1.82, 2.24) is 13.9 Å². The second kappa shape index (κ2) is 5.86. The highest BCUT2D eigenvalue weighted by Crippen LogP contribution is 2.09. The first-order chi connectivity index (χ1) is 7.68. The van der Waals surface area contributed by atoms with Crippen LogP contribution in [0.15, 0.2) is 12.3 Å². The van der Waals surface area contributed by atoms with Crippen LogP contribution in [0.1, 0.15) is 0 Å². The molecule has 0 unspecified atom stereocenters. The molecule has 0 saturated carbocycles. The first kappa shape index (κ1) is 18.5. The summed E-state index contributed by atoms with van der Waals surface area (Å²) in [5, 5.41) is 0. The largest absolute Gasteiger partial charge is 0.333 e. The van der Waals surface area contributed by atoms with Gasteiger partial charge in [-0.25, -0.2) is 0 Å². The lowest BCUT2D eigenvalue weighted by Gasteiger charge is -2.43. The Hall–Kier alpha value is 0.488. The van der Waals surface area contributed by atoms with Crippen molar-refractivity contribution in [2.24, 2.45) is 0 Å². The van der Waals surface area contributed by atoms with Gasteiger partial charge >= 0.3 is 0 Å². The maximum Gasteiger partial charge on any atom is 0.287 e. The van der Waals surface area contributed by atoms with Gasteiger partial charge in [-0.05, 0) is 0 Å². The summed E-state index contributed by atoms with van der Waals surface area (Å²) in [5.41, 5.74) is 2.15. The van der Waals surface area contributed by atoms with E-state index >= 15 is 0 Å². The maximum absolute atomic E-state index is 4.13. The molecule has 108 valence electrons. The second-order valence-corrected chi connectivity index (χ2v) is 26.7. The molecular formula is C11H33N3Si4. The smallest absolute Gasteiger partial charge is 0.287 e. The van der Waals surface area contributed by atoms with Crippen LogP contribution in [0.2, 0.25) is 58.9 Å². The van der Waals surface area contributed by atoms with Gasteiger partial charge in [0.05, 0.1) is 0 Å². The van der Waals surface area contributed by atoms with E-state index in [9.17, 15) is 0 Å². The molecule has 0 aromatic carbocycles. The third kappa shape index (κ3) is 8.57. The van der Waals surface area contributed by atoms with E-state index in [1.807, 2.05) is 0 Å². The zero-order valence-electron chi connectivity index (χ0n) is 13.8. The molecule has 0 heterocycles. The molecule has 18 heavy (non-hydrogen) atoms. The summed E-state index contributed by atoms with van der Waals surface area (Å²) in [4.78, 5) is 0. The van der Waals surface area contributed by atoms with Crippen LogP contribution in [0.4, 0.5) is 0 Å². The molecular weight excluding hydrogens is 286 g/mol. The monoisotopic (exact) mass is 319 g/mol. The minimum Gasteiger partial charge on any atom is -0.333 e. The summed E-state index contributed by atoms with van der Waals surface area (Å²) in [7, 11) is -6.04. The van der Waals surface area contributed by atoms with Crippen LogP contribution < -0.4 is 13.9 Å². The molecule has 0 fully saturated rings. The molecule has 0 rings (SSSR count). The van der Waals surface area contributed by atoms with Crippen LogP contribution in [0, 0.1) is 0 Å². The summed E-state index contributed by atoms with van der Waals surface area (Å²) in [6.07, 6.45) is 0. The standard InChI is InChI=1S/C11H33N3Si4/c1-11-18(12-15(2,3)4,13-16(5,6)7)14-17(8,9)10/h11-14H,1H2,2-10H3. The molecule has 7 heteroatoms. The highest BCUT2D eigenvalue weighted by molar-refractivity contribution is 7.03. The lowest BCUT2D eigenvalue weighted by molar-refractivity contribution is 1.10. The maximum atomic E-state index is 4.13. The van der Waals surface area contributed by atoms with E-state index in [0.717, 1.165) is 0 Å². The van der Waals surface area contributed by atoms with Crippen molar-refractivity contribution >= 4 is 33.3 Å². The van der Waals surface area contributed by atoms with Crippen LogP contribution in [-0.2, 0) is 0 Å². The van der Waals surface area contributed by atoms with Gasteiger partial charge in [-0.3, -0.25) is 0 Å². The minimum absolute atomic E-state index is 1.35. The molecule has 0 radical (unpaired) electrons. The van der Waals surface area contributed by atoms with Crippen molar-refractivity contribution in [3.8, 4) is 0 Å². The molecule has 0 saturated heterocycles. The normalized spacial score (nSPS) is 14.7. The molecule has 0 aromatic rings. The Kier molecular flexibility index (Phi) is 6.02. The van der Waals surface area contributed by atoms with Gasteiger partial charge in [0.2, 0.25) is 0 Å². The van der Waals surface area contributed by atoms with E-state index in [4.69, 9.17) is 0 Å². The van der Waals surface area contributed by atoms with E-state index in [0.29, 0.717) is 0 Å². The van der Waals surface area contributed by atoms with Crippen molar-refractivity contribution < 1.29 is 0 Å². The van der Waals surface area contributed by atoms with Crippen LogP contribution in [-0.4, -0.2) is 33.3 Å². The van der Waals surface area contributed by atoms with Crippen molar-refractivity contribution in [2.45, 2.75) is 58.9 Å². The Morgan fingerprint density at radius 2 is 0.833 bits per heavy atom. The number of hydrogen-bond acceptors (Lipinski definition) is 3. The van der Waals surface area contributed by atoms with Crippen molar-refractivity contribution in [3.63, 3.8) is 0 Å². The van der Waals surface area contributed by atoms with E-state index in [2.05, 4.69) is 85.1 Å². The van der Waals surface area contributed by atoms with Gasteiger partial charge in [-0.15, -0.1) is 6.58 Å². The summed E-state index contributed by atoms with van der Waals surface area (Å²) in [6.45, 7) is 25.3. The Balaban J connectivity index is 5.27. The van der Waals surface area contributed by atoms with Crippen LogP contribution >= 0.6 is 0 Å². The van der Waals surface area contributed by atoms with E-state index in [-0.39, 0.29) is 0 Å². The SMILES string of the molecule is C=C[Si](N[Si](C)(C)C)(N[Si](C)(C)C)N[Si](C)(C)C. The molecule has 0 aliphatic rings. The first-order valence-electron chi connectivity index (χ1n) is 6.70. The van der Waals surface area contributed by atoms with E-state index in [1.54, 1.807) is 0 Å². The topological polar surface area (TPSA) is 36.1 Å². The molecule has 3 N–H and O–H groups in total. The number of rotatable bonds is 7. The first-order valence-corrected chi connectivity index (χ1v) is 19.3. The second-order valence-electron chi connectivity index (χ2n) is 8.14. The lowest BCUT2D eigenvalue weighted by atomic mass is 11.3.